The average Bonchev–Trinajstić information content (AvgIpc) is 2.37. The Balaban J connectivity index is 2.36. The second-order valence-corrected chi connectivity index (χ2v) is 4.13. The Kier molecular flexibility index (Phi) is 3.99. The normalized spacial score (nSPS) is 12.3. The number of benzene rings is 1. The van der Waals surface area contributed by atoms with E-state index in [9.17, 15) is 30.7 Å². The summed E-state index contributed by atoms with van der Waals surface area (Å²) in [6.07, 6.45) is -9.28. The molecule has 2 aromatic rings. The van der Waals surface area contributed by atoms with Crippen molar-refractivity contribution in [3.63, 3.8) is 0 Å². The smallest absolute Gasteiger partial charge is 0.406 e. The van der Waals surface area contributed by atoms with Gasteiger partial charge in [0.25, 0.3) is 0 Å². The van der Waals surface area contributed by atoms with Crippen molar-refractivity contribution in [2.24, 2.45) is 0 Å². The highest BCUT2D eigenvalue weighted by Gasteiger charge is 2.32. The van der Waals surface area contributed by atoms with Gasteiger partial charge in [-0.05, 0) is 23.8 Å². The van der Waals surface area contributed by atoms with Crippen molar-refractivity contribution in [3.05, 3.63) is 48.0 Å². The number of halogens is 7. The highest BCUT2D eigenvalue weighted by molar-refractivity contribution is 5.64. The quantitative estimate of drug-likeness (QED) is 0.584. The molecule has 0 spiro atoms. The van der Waals surface area contributed by atoms with E-state index in [1.807, 2.05) is 0 Å². The summed E-state index contributed by atoms with van der Waals surface area (Å²) in [6.45, 7) is 0. The SMILES string of the molecule is Fc1ncc(C(F)(F)F)cc1-c1ccc(OC(F)(F)F)cc1. The molecule has 1 aromatic heterocycles. The van der Waals surface area contributed by atoms with Crippen LogP contribution in [0.5, 0.6) is 5.75 Å². The number of rotatable bonds is 2. The molecule has 0 fully saturated rings. The van der Waals surface area contributed by atoms with Crippen LogP contribution in [0, 0.1) is 5.95 Å². The van der Waals surface area contributed by atoms with E-state index in [0.717, 1.165) is 24.3 Å². The molecule has 0 bridgehead atoms. The molecule has 9 heteroatoms. The van der Waals surface area contributed by atoms with Gasteiger partial charge in [-0.2, -0.15) is 17.6 Å². The number of alkyl halides is 6. The minimum atomic E-state index is -4.90. The Morgan fingerprint density at radius 2 is 1.50 bits per heavy atom. The summed E-state index contributed by atoms with van der Waals surface area (Å²) in [4.78, 5) is 3.01. The standard InChI is InChI=1S/C13H6F7NO/c14-11-10(5-8(6-21-11)12(15,16)17)7-1-3-9(4-2-7)22-13(18,19)20/h1-6H. The summed E-state index contributed by atoms with van der Waals surface area (Å²) in [6, 6.07) is 4.26. The van der Waals surface area contributed by atoms with Gasteiger partial charge in [-0.1, -0.05) is 12.1 Å². The first-order valence-corrected chi connectivity index (χ1v) is 5.65. The highest BCUT2D eigenvalue weighted by atomic mass is 19.4. The van der Waals surface area contributed by atoms with E-state index in [1.54, 1.807) is 0 Å². The molecular formula is C13H6F7NO. The lowest BCUT2D eigenvalue weighted by Gasteiger charge is -2.11. The minimum absolute atomic E-state index is 0.0642. The minimum Gasteiger partial charge on any atom is -0.406 e. The lowest BCUT2D eigenvalue weighted by molar-refractivity contribution is -0.274. The van der Waals surface area contributed by atoms with Crippen molar-refractivity contribution < 1.29 is 35.5 Å². The zero-order valence-corrected chi connectivity index (χ0v) is 10.5. The Labute approximate surface area is 119 Å². The van der Waals surface area contributed by atoms with Gasteiger partial charge in [0.2, 0.25) is 5.95 Å². The van der Waals surface area contributed by atoms with Crippen LogP contribution in [-0.2, 0) is 6.18 Å². The van der Waals surface area contributed by atoms with Crippen LogP contribution in [0.15, 0.2) is 36.5 Å². The van der Waals surface area contributed by atoms with Crippen LogP contribution < -0.4 is 4.74 Å². The molecule has 1 heterocycles. The summed E-state index contributed by atoms with van der Waals surface area (Å²) >= 11 is 0. The third-order valence-electron chi connectivity index (χ3n) is 2.57. The van der Waals surface area contributed by atoms with Gasteiger partial charge in [0.1, 0.15) is 5.75 Å². The fourth-order valence-corrected chi connectivity index (χ4v) is 1.64. The van der Waals surface area contributed by atoms with Crippen molar-refractivity contribution in [2.75, 3.05) is 0 Å². The van der Waals surface area contributed by atoms with Gasteiger partial charge in [0.05, 0.1) is 5.56 Å². The molecule has 0 atom stereocenters. The first kappa shape index (κ1) is 16.1. The average molecular weight is 325 g/mol. The Morgan fingerprint density at radius 1 is 0.909 bits per heavy atom. The first-order chi connectivity index (χ1) is 10.1. The molecule has 0 aliphatic rings. The molecule has 0 unspecified atom stereocenters. The van der Waals surface area contributed by atoms with Gasteiger partial charge < -0.3 is 4.74 Å². The molecular weight excluding hydrogens is 319 g/mol. The zero-order valence-electron chi connectivity index (χ0n) is 10.5. The van der Waals surface area contributed by atoms with Crippen LogP contribution in [0.2, 0.25) is 0 Å². The molecule has 0 N–H and O–H groups in total. The van der Waals surface area contributed by atoms with Crippen molar-refractivity contribution in [1.82, 2.24) is 4.98 Å². The van der Waals surface area contributed by atoms with E-state index in [1.165, 1.54) is 0 Å². The predicted octanol–water partition coefficient (Wildman–Crippen LogP) is 4.81. The fraction of sp³-hybridized carbons (Fsp3) is 0.154. The summed E-state index contributed by atoms with van der Waals surface area (Å²) in [5, 5.41) is 0. The predicted molar refractivity (Wildman–Crippen MR) is 61.3 cm³/mol. The largest absolute Gasteiger partial charge is 0.573 e. The maximum Gasteiger partial charge on any atom is 0.573 e. The van der Waals surface area contributed by atoms with Crippen LogP contribution in [0.3, 0.4) is 0 Å². The molecule has 0 saturated carbocycles. The number of ether oxygens (including phenoxy) is 1. The molecule has 2 rings (SSSR count). The zero-order chi connectivity index (χ0) is 16.5. The Hall–Kier alpha value is -2.32. The lowest BCUT2D eigenvalue weighted by atomic mass is 10.1. The molecule has 22 heavy (non-hydrogen) atoms. The van der Waals surface area contributed by atoms with E-state index in [-0.39, 0.29) is 5.56 Å². The maximum absolute atomic E-state index is 13.5. The summed E-state index contributed by atoms with van der Waals surface area (Å²) in [7, 11) is 0. The third kappa shape index (κ3) is 3.86. The number of nitrogens with zero attached hydrogens (tertiary/aromatic N) is 1. The number of pyridine rings is 1. The molecule has 0 radical (unpaired) electrons. The van der Waals surface area contributed by atoms with Crippen LogP contribution in [-0.4, -0.2) is 11.3 Å². The van der Waals surface area contributed by atoms with Gasteiger partial charge in [-0.3, -0.25) is 0 Å². The monoisotopic (exact) mass is 325 g/mol. The summed E-state index contributed by atoms with van der Waals surface area (Å²) in [5.74, 6) is -1.74. The molecule has 118 valence electrons. The summed E-state index contributed by atoms with van der Waals surface area (Å²) in [5.41, 5.74) is -1.71. The van der Waals surface area contributed by atoms with Crippen LogP contribution >= 0.6 is 0 Å². The van der Waals surface area contributed by atoms with E-state index in [0.29, 0.717) is 12.3 Å². The maximum atomic E-state index is 13.5. The second-order valence-electron chi connectivity index (χ2n) is 4.13. The van der Waals surface area contributed by atoms with Gasteiger partial charge in [-0.25, -0.2) is 4.98 Å². The lowest BCUT2D eigenvalue weighted by Crippen LogP contribution is -2.16. The Bertz CT molecular complexity index is 662. The van der Waals surface area contributed by atoms with E-state index >= 15 is 0 Å². The van der Waals surface area contributed by atoms with Crippen LogP contribution in [0.1, 0.15) is 5.56 Å². The van der Waals surface area contributed by atoms with E-state index in [2.05, 4.69) is 9.72 Å². The van der Waals surface area contributed by atoms with Crippen molar-refractivity contribution >= 4 is 0 Å². The van der Waals surface area contributed by atoms with Crippen molar-refractivity contribution in [3.8, 4) is 16.9 Å². The molecule has 2 nitrogen and oxygen atoms in total. The van der Waals surface area contributed by atoms with E-state index < -0.39 is 35.4 Å². The summed E-state index contributed by atoms with van der Waals surface area (Å²) < 4.78 is 90.8. The van der Waals surface area contributed by atoms with Crippen molar-refractivity contribution in [2.45, 2.75) is 12.5 Å². The van der Waals surface area contributed by atoms with Gasteiger partial charge in [-0.15, -0.1) is 13.2 Å². The number of hydrogen-bond acceptors (Lipinski definition) is 2. The first-order valence-electron chi connectivity index (χ1n) is 5.65. The molecule has 1 aromatic carbocycles. The number of aromatic nitrogens is 1. The third-order valence-corrected chi connectivity index (χ3v) is 2.57. The van der Waals surface area contributed by atoms with Crippen LogP contribution in [0.25, 0.3) is 11.1 Å². The molecule has 0 aliphatic heterocycles. The Morgan fingerprint density at radius 3 is 2.00 bits per heavy atom. The molecule has 0 aliphatic carbocycles. The van der Waals surface area contributed by atoms with Crippen molar-refractivity contribution in [1.29, 1.82) is 0 Å². The van der Waals surface area contributed by atoms with Gasteiger partial charge >= 0.3 is 12.5 Å². The molecule has 0 saturated heterocycles. The van der Waals surface area contributed by atoms with Gasteiger partial charge in [0.15, 0.2) is 0 Å². The topological polar surface area (TPSA) is 22.1 Å². The van der Waals surface area contributed by atoms with Crippen LogP contribution in [0.4, 0.5) is 30.7 Å². The molecule has 0 amide bonds. The van der Waals surface area contributed by atoms with Gasteiger partial charge in [0, 0.05) is 11.8 Å². The van der Waals surface area contributed by atoms with E-state index in [4.69, 9.17) is 0 Å². The fourth-order valence-electron chi connectivity index (χ4n) is 1.64. The second kappa shape index (κ2) is 5.47. The number of hydrogen-bond donors (Lipinski definition) is 0. The highest BCUT2D eigenvalue weighted by Crippen LogP contribution is 2.33.